The Morgan fingerprint density at radius 2 is 1.69 bits per heavy atom. The van der Waals surface area contributed by atoms with Crippen LogP contribution in [-0.4, -0.2) is 40.1 Å². The molecule has 1 heterocycles. The Hall–Kier alpha value is -3.69. The average molecular weight is 525 g/mol. The van der Waals surface area contributed by atoms with Crippen LogP contribution >= 0.6 is 23.4 Å². The second kappa shape index (κ2) is 12.3. The molecule has 8 nitrogen and oxygen atoms in total. The highest BCUT2D eigenvalue weighted by molar-refractivity contribution is 7.99. The van der Waals surface area contributed by atoms with Crippen molar-refractivity contribution in [2.45, 2.75) is 18.7 Å². The molecule has 0 aliphatic carbocycles. The molecule has 36 heavy (non-hydrogen) atoms. The molecule has 0 aliphatic rings. The summed E-state index contributed by atoms with van der Waals surface area (Å²) in [5, 5.41) is 12.7. The first kappa shape index (κ1) is 25.4. The van der Waals surface area contributed by atoms with Gasteiger partial charge in [-0.1, -0.05) is 35.5 Å². The van der Waals surface area contributed by atoms with Crippen molar-refractivity contribution in [3.63, 3.8) is 0 Å². The lowest BCUT2D eigenvalue weighted by Gasteiger charge is -2.13. The van der Waals surface area contributed by atoms with Gasteiger partial charge in [-0.05, 0) is 67.6 Å². The van der Waals surface area contributed by atoms with E-state index in [-0.39, 0.29) is 18.3 Å². The number of para-hydroxylation sites is 2. The maximum Gasteiger partial charge on any atom is 0.234 e. The third-order valence-corrected chi connectivity index (χ3v) is 6.19. The number of nitrogens with zero attached hydrogens (tertiary/aromatic N) is 3. The molecule has 1 amide bonds. The molecule has 0 bridgehead atoms. The van der Waals surface area contributed by atoms with Gasteiger partial charge in [-0.25, -0.2) is 0 Å². The zero-order valence-corrected chi connectivity index (χ0v) is 21.4. The molecule has 0 unspecified atom stereocenters. The molecule has 0 aliphatic heterocycles. The van der Waals surface area contributed by atoms with E-state index in [4.69, 9.17) is 25.8 Å². The number of rotatable bonds is 11. The van der Waals surface area contributed by atoms with Gasteiger partial charge in [0, 0.05) is 10.7 Å². The Labute approximate surface area is 218 Å². The van der Waals surface area contributed by atoms with Crippen LogP contribution in [-0.2, 0) is 11.4 Å². The van der Waals surface area contributed by atoms with Crippen LogP contribution in [0.25, 0.3) is 5.69 Å². The van der Waals surface area contributed by atoms with Crippen LogP contribution in [0.3, 0.4) is 0 Å². The lowest BCUT2D eigenvalue weighted by Crippen LogP contribution is -2.15. The topological polar surface area (TPSA) is 87.5 Å². The third-order valence-electron chi connectivity index (χ3n) is 5.01. The Balaban J connectivity index is 1.51. The van der Waals surface area contributed by atoms with Gasteiger partial charge >= 0.3 is 0 Å². The number of thioether (sulfide) groups is 1. The number of hydrogen-bond donors (Lipinski definition) is 1. The Bertz CT molecular complexity index is 1300. The summed E-state index contributed by atoms with van der Waals surface area (Å²) in [5.74, 6) is 2.54. The summed E-state index contributed by atoms with van der Waals surface area (Å²) < 4.78 is 18.6. The van der Waals surface area contributed by atoms with E-state index in [1.165, 1.54) is 11.8 Å². The summed E-state index contributed by atoms with van der Waals surface area (Å²) in [6, 6.07) is 21.9. The number of anilines is 1. The molecule has 4 rings (SSSR count). The van der Waals surface area contributed by atoms with Crippen LogP contribution in [0.5, 0.6) is 17.2 Å². The van der Waals surface area contributed by atoms with E-state index >= 15 is 0 Å². The van der Waals surface area contributed by atoms with Crippen molar-refractivity contribution in [1.82, 2.24) is 14.8 Å². The summed E-state index contributed by atoms with van der Waals surface area (Å²) in [5.41, 5.74) is 1.44. The largest absolute Gasteiger partial charge is 0.497 e. The number of halogens is 1. The van der Waals surface area contributed by atoms with Crippen molar-refractivity contribution in [3.8, 4) is 22.9 Å². The molecule has 0 saturated heterocycles. The minimum absolute atomic E-state index is 0.132. The average Bonchev–Trinajstić information content (AvgIpc) is 3.31. The van der Waals surface area contributed by atoms with Gasteiger partial charge in [0.15, 0.2) is 11.0 Å². The minimum atomic E-state index is -0.185. The fourth-order valence-corrected chi connectivity index (χ4v) is 4.22. The van der Waals surface area contributed by atoms with Gasteiger partial charge in [-0.3, -0.25) is 9.36 Å². The van der Waals surface area contributed by atoms with E-state index in [2.05, 4.69) is 15.5 Å². The fourth-order valence-electron chi connectivity index (χ4n) is 3.32. The molecular weight excluding hydrogens is 500 g/mol. The smallest absolute Gasteiger partial charge is 0.234 e. The van der Waals surface area contributed by atoms with Crippen molar-refractivity contribution in [1.29, 1.82) is 0 Å². The Kier molecular flexibility index (Phi) is 8.70. The van der Waals surface area contributed by atoms with Gasteiger partial charge in [0.05, 0.1) is 25.2 Å². The number of amides is 1. The summed E-state index contributed by atoms with van der Waals surface area (Å²) in [7, 11) is 1.61. The minimum Gasteiger partial charge on any atom is -0.497 e. The zero-order valence-electron chi connectivity index (χ0n) is 19.8. The van der Waals surface area contributed by atoms with Gasteiger partial charge in [0.2, 0.25) is 5.91 Å². The van der Waals surface area contributed by atoms with Crippen molar-refractivity contribution in [2.75, 3.05) is 24.8 Å². The second-order valence-electron chi connectivity index (χ2n) is 7.44. The van der Waals surface area contributed by atoms with Gasteiger partial charge in [-0.2, -0.15) is 0 Å². The van der Waals surface area contributed by atoms with Crippen LogP contribution < -0.4 is 19.5 Å². The molecule has 0 radical (unpaired) electrons. The molecule has 1 aromatic heterocycles. The first-order valence-electron chi connectivity index (χ1n) is 11.2. The molecule has 186 valence electrons. The van der Waals surface area contributed by atoms with E-state index in [9.17, 15) is 4.79 Å². The number of methoxy groups -OCH3 is 1. The van der Waals surface area contributed by atoms with Crippen molar-refractivity contribution in [2.24, 2.45) is 0 Å². The summed E-state index contributed by atoms with van der Waals surface area (Å²) in [6.45, 7) is 2.58. The summed E-state index contributed by atoms with van der Waals surface area (Å²) in [4.78, 5) is 12.7. The van der Waals surface area contributed by atoms with Crippen LogP contribution in [0, 0.1) is 0 Å². The molecule has 3 aromatic carbocycles. The number of nitrogens with one attached hydrogen (secondary N) is 1. The molecule has 4 aromatic rings. The standard InChI is InChI=1S/C26H25ClN4O4S/c1-3-34-23-7-5-4-6-22(23)28-25(32)17-36-26-30-29-24(16-35-21-12-8-18(27)9-13-21)31(26)19-10-14-20(33-2)15-11-19/h4-15H,3,16-17H2,1-2H3,(H,28,32). The number of ether oxygens (including phenoxy) is 3. The SMILES string of the molecule is CCOc1ccccc1NC(=O)CSc1nnc(COc2ccc(Cl)cc2)n1-c1ccc(OC)cc1. The van der Waals surface area contributed by atoms with E-state index < -0.39 is 0 Å². The first-order chi connectivity index (χ1) is 17.6. The van der Waals surface area contributed by atoms with Crippen LogP contribution in [0.4, 0.5) is 5.69 Å². The highest BCUT2D eigenvalue weighted by Crippen LogP contribution is 2.27. The van der Waals surface area contributed by atoms with E-state index in [0.717, 1.165) is 11.4 Å². The molecule has 0 saturated carbocycles. The normalized spacial score (nSPS) is 10.6. The third kappa shape index (κ3) is 6.50. The number of carbonyl (C=O) groups is 1. The predicted molar refractivity (Wildman–Crippen MR) is 141 cm³/mol. The van der Waals surface area contributed by atoms with Gasteiger partial charge in [0.25, 0.3) is 0 Å². The fraction of sp³-hybridized carbons (Fsp3) is 0.192. The van der Waals surface area contributed by atoms with Gasteiger partial charge < -0.3 is 19.5 Å². The highest BCUT2D eigenvalue weighted by Gasteiger charge is 2.17. The molecule has 0 spiro atoms. The molecule has 10 heteroatoms. The Morgan fingerprint density at radius 3 is 2.42 bits per heavy atom. The monoisotopic (exact) mass is 524 g/mol. The lowest BCUT2D eigenvalue weighted by molar-refractivity contribution is -0.113. The van der Waals surface area contributed by atoms with Crippen molar-refractivity contribution >= 4 is 35.0 Å². The van der Waals surface area contributed by atoms with E-state index in [1.54, 1.807) is 37.4 Å². The van der Waals surface area contributed by atoms with Gasteiger partial charge in [-0.15, -0.1) is 10.2 Å². The second-order valence-corrected chi connectivity index (χ2v) is 8.82. The maximum atomic E-state index is 12.7. The van der Waals surface area contributed by atoms with Crippen LogP contribution in [0.1, 0.15) is 12.7 Å². The molecule has 0 fully saturated rings. The number of aromatic nitrogens is 3. The number of benzene rings is 3. The van der Waals surface area contributed by atoms with Crippen LogP contribution in [0.15, 0.2) is 78.0 Å². The predicted octanol–water partition coefficient (Wildman–Crippen LogP) is 5.64. The quantitative estimate of drug-likeness (QED) is 0.254. The summed E-state index contributed by atoms with van der Waals surface area (Å²) in [6.07, 6.45) is 0. The zero-order chi connectivity index (χ0) is 25.3. The molecular formula is C26H25ClN4O4S. The van der Waals surface area contributed by atoms with Crippen LogP contribution in [0.2, 0.25) is 5.02 Å². The first-order valence-corrected chi connectivity index (χ1v) is 12.5. The van der Waals surface area contributed by atoms with Gasteiger partial charge in [0.1, 0.15) is 23.9 Å². The lowest BCUT2D eigenvalue weighted by atomic mass is 10.3. The molecule has 1 N–H and O–H groups in total. The summed E-state index contributed by atoms with van der Waals surface area (Å²) >= 11 is 7.24. The van der Waals surface area contributed by atoms with E-state index in [1.807, 2.05) is 54.0 Å². The van der Waals surface area contributed by atoms with Crippen molar-refractivity contribution in [3.05, 3.63) is 83.6 Å². The van der Waals surface area contributed by atoms with E-state index in [0.29, 0.717) is 39.8 Å². The molecule has 0 atom stereocenters. The highest BCUT2D eigenvalue weighted by atomic mass is 35.5. The Morgan fingerprint density at radius 1 is 0.972 bits per heavy atom. The number of hydrogen-bond acceptors (Lipinski definition) is 7. The number of carbonyl (C=O) groups excluding carboxylic acids is 1. The maximum absolute atomic E-state index is 12.7. The van der Waals surface area contributed by atoms with Crippen molar-refractivity contribution < 1.29 is 19.0 Å².